The molecule has 0 aliphatic rings. The minimum atomic E-state index is -0.380. The molecule has 3 aromatic heterocycles. The van der Waals surface area contributed by atoms with Crippen molar-refractivity contribution in [3.63, 3.8) is 0 Å². The van der Waals surface area contributed by atoms with Gasteiger partial charge in [0, 0.05) is 5.56 Å². The number of nitrogens with zero attached hydrogens (tertiary/aromatic N) is 4. The van der Waals surface area contributed by atoms with Gasteiger partial charge in [-0.25, -0.2) is 19.3 Å². The van der Waals surface area contributed by atoms with Gasteiger partial charge >= 0.3 is 5.97 Å². The highest BCUT2D eigenvalue weighted by Gasteiger charge is 2.21. The first-order valence-electron chi connectivity index (χ1n) is 10.2. The Bertz CT molecular complexity index is 1530. The molecule has 0 fully saturated rings. The molecule has 3 heterocycles. The van der Waals surface area contributed by atoms with Gasteiger partial charge in [-0.15, -0.1) is 16.4 Å². The Morgan fingerprint density at radius 3 is 2.85 bits per heavy atom. The number of carbonyl (C=O) groups excluding carboxylic acids is 1. The maximum atomic E-state index is 12.1. The lowest BCUT2D eigenvalue weighted by Crippen LogP contribution is -1.99. The molecule has 0 amide bonds. The highest BCUT2D eigenvalue weighted by Crippen LogP contribution is 2.33. The monoisotopic (exact) mass is 478 g/mol. The number of aromatic nitrogens is 4. The van der Waals surface area contributed by atoms with Crippen LogP contribution in [0.25, 0.3) is 27.3 Å². The number of aryl methyl sites for hydroxylation is 2. The Morgan fingerprint density at radius 2 is 2.03 bits per heavy atom. The average Bonchev–Trinajstić information content (AvgIpc) is 3.40. The summed E-state index contributed by atoms with van der Waals surface area (Å²) in [5.74, 6) is 0.829. The van der Waals surface area contributed by atoms with Crippen LogP contribution in [0.2, 0.25) is 5.02 Å². The van der Waals surface area contributed by atoms with Gasteiger partial charge < -0.3 is 9.47 Å². The Kier molecular flexibility index (Phi) is 5.47. The fourth-order valence-electron chi connectivity index (χ4n) is 3.63. The van der Waals surface area contributed by atoms with Crippen molar-refractivity contribution in [2.75, 3.05) is 7.11 Å². The van der Waals surface area contributed by atoms with Crippen LogP contribution < -0.4 is 4.74 Å². The Morgan fingerprint density at radius 1 is 1.18 bits per heavy atom. The molecule has 7 nitrogen and oxygen atoms in total. The summed E-state index contributed by atoms with van der Waals surface area (Å²) in [4.78, 5) is 22.6. The topological polar surface area (TPSA) is 78.6 Å². The molecule has 0 aliphatic carbocycles. The number of benzene rings is 2. The normalized spacial score (nSPS) is 11.3. The van der Waals surface area contributed by atoms with Crippen molar-refractivity contribution >= 4 is 44.8 Å². The van der Waals surface area contributed by atoms with Gasteiger partial charge in [-0.2, -0.15) is 0 Å². The first-order valence-corrected chi connectivity index (χ1v) is 11.3. The molecule has 166 valence electrons. The summed E-state index contributed by atoms with van der Waals surface area (Å²) in [5.41, 5.74) is 4.33. The fourth-order valence-corrected chi connectivity index (χ4v) is 4.86. The van der Waals surface area contributed by atoms with Gasteiger partial charge in [0.1, 0.15) is 28.4 Å². The Balaban J connectivity index is 1.49. The highest BCUT2D eigenvalue weighted by molar-refractivity contribution is 7.20. The van der Waals surface area contributed by atoms with Crippen LogP contribution in [0.4, 0.5) is 0 Å². The van der Waals surface area contributed by atoms with Gasteiger partial charge in [-0.3, -0.25) is 0 Å². The molecule has 0 saturated heterocycles. The maximum Gasteiger partial charge on any atom is 0.348 e. The minimum Gasteiger partial charge on any atom is -0.487 e. The largest absolute Gasteiger partial charge is 0.487 e. The molecule has 0 bridgehead atoms. The molecule has 0 spiro atoms. The summed E-state index contributed by atoms with van der Waals surface area (Å²) in [7, 11) is 1.37. The molecular weight excluding hydrogens is 460 g/mol. The Hall–Kier alpha value is -3.49. The van der Waals surface area contributed by atoms with Crippen LogP contribution in [0.3, 0.4) is 0 Å². The fraction of sp³-hybridized carbons (Fsp3) is 0.167. The molecule has 5 rings (SSSR count). The van der Waals surface area contributed by atoms with E-state index < -0.39 is 0 Å². The number of halogens is 1. The first kappa shape index (κ1) is 21.4. The van der Waals surface area contributed by atoms with E-state index in [1.54, 1.807) is 10.8 Å². The number of hydrogen-bond donors (Lipinski definition) is 0. The third-order valence-electron chi connectivity index (χ3n) is 5.30. The van der Waals surface area contributed by atoms with E-state index >= 15 is 0 Å². The number of rotatable bonds is 5. The molecule has 33 heavy (non-hydrogen) atoms. The predicted molar refractivity (Wildman–Crippen MR) is 128 cm³/mol. The maximum absolute atomic E-state index is 12.1. The van der Waals surface area contributed by atoms with E-state index in [9.17, 15) is 4.79 Å². The van der Waals surface area contributed by atoms with Crippen LogP contribution in [0.1, 0.15) is 26.4 Å². The number of thiophene rings is 1. The van der Waals surface area contributed by atoms with Crippen molar-refractivity contribution in [2.24, 2.45) is 0 Å². The number of carbonyl (C=O) groups is 1. The number of hydrogen-bond acceptors (Lipinski definition) is 7. The molecule has 2 aromatic carbocycles. The summed E-state index contributed by atoms with van der Waals surface area (Å²) in [6.45, 7) is 4.23. The van der Waals surface area contributed by atoms with Crippen molar-refractivity contribution in [1.82, 2.24) is 19.6 Å². The summed E-state index contributed by atoms with van der Waals surface area (Å²) in [5, 5.41) is 5.98. The van der Waals surface area contributed by atoms with E-state index in [1.165, 1.54) is 18.4 Å². The van der Waals surface area contributed by atoms with Gasteiger partial charge in [0.15, 0.2) is 11.5 Å². The summed E-state index contributed by atoms with van der Waals surface area (Å²) >= 11 is 7.54. The Labute approximate surface area is 198 Å². The van der Waals surface area contributed by atoms with Crippen LogP contribution in [0.15, 0.2) is 48.8 Å². The quantitative estimate of drug-likeness (QED) is 0.304. The number of esters is 1. The lowest BCUT2D eigenvalue weighted by Gasteiger charge is -2.09. The smallest absolute Gasteiger partial charge is 0.348 e. The van der Waals surface area contributed by atoms with E-state index in [4.69, 9.17) is 26.1 Å². The second kappa shape index (κ2) is 8.46. The zero-order chi connectivity index (χ0) is 23.1. The van der Waals surface area contributed by atoms with Crippen molar-refractivity contribution in [1.29, 1.82) is 0 Å². The van der Waals surface area contributed by atoms with E-state index in [2.05, 4.69) is 10.1 Å². The van der Waals surface area contributed by atoms with Crippen molar-refractivity contribution in [2.45, 2.75) is 20.5 Å². The van der Waals surface area contributed by atoms with Gasteiger partial charge in [-0.05, 0) is 48.7 Å². The van der Waals surface area contributed by atoms with Crippen LogP contribution in [0.5, 0.6) is 5.75 Å². The van der Waals surface area contributed by atoms with E-state index in [1.807, 2.05) is 56.3 Å². The standard InChI is InChI=1S/C24H19ClN4O3S/c1-13-7-8-17(25)18(9-13)32-11-15-5-4-6-16(10-15)21-27-22-19-14(2)20(24(30)31-3)33-23(19)26-12-29(22)28-21/h4-10,12H,11H2,1-3H3. The summed E-state index contributed by atoms with van der Waals surface area (Å²) < 4.78 is 12.5. The second-order valence-corrected chi connectivity index (χ2v) is 9.01. The van der Waals surface area contributed by atoms with Gasteiger partial charge in [0.25, 0.3) is 0 Å². The van der Waals surface area contributed by atoms with E-state index in [-0.39, 0.29) is 5.97 Å². The average molecular weight is 479 g/mol. The molecule has 5 aromatic rings. The highest BCUT2D eigenvalue weighted by atomic mass is 35.5. The molecule has 0 radical (unpaired) electrons. The van der Waals surface area contributed by atoms with Crippen LogP contribution in [-0.4, -0.2) is 32.7 Å². The van der Waals surface area contributed by atoms with Crippen molar-refractivity contribution in [3.8, 4) is 17.1 Å². The SMILES string of the molecule is COC(=O)c1sc2ncn3nc(-c4cccc(COc5cc(C)ccc5Cl)c4)nc3c2c1C. The van der Waals surface area contributed by atoms with Crippen LogP contribution in [-0.2, 0) is 11.3 Å². The number of methoxy groups -OCH3 is 1. The van der Waals surface area contributed by atoms with Crippen LogP contribution >= 0.6 is 22.9 Å². The number of ether oxygens (including phenoxy) is 2. The molecule has 0 aliphatic heterocycles. The summed E-state index contributed by atoms with van der Waals surface area (Å²) in [6, 6.07) is 13.5. The van der Waals surface area contributed by atoms with Gasteiger partial charge in [-0.1, -0.05) is 35.9 Å². The zero-order valence-electron chi connectivity index (χ0n) is 18.1. The molecule has 9 heteroatoms. The molecular formula is C24H19ClN4O3S. The molecule has 0 N–H and O–H groups in total. The van der Waals surface area contributed by atoms with E-state index in [0.717, 1.165) is 32.5 Å². The second-order valence-electron chi connectivity index (χ2n) is 7.60. The summed E-state index contributed by atoms with van der Waals surface area (Å²) in [6.07, 6.45) is 1.61. The van der Waals surface area contributed by atoms with Gasteiger partial charge in [0.2, 0.25) is 0 Å². The van der Waals surface area contributed by atoms with Crippen molar-refractivity contribution in [3.05, 3.63) is 75.4 Å². The lowest BCUT2D eigenvalue weighted by atomic mass is 10.1. The zero-order valence-corrected chi connectivity index (χ0v) is 19.7. The van der Waals surface area contributed by atoms with Gasteiger partial charge in [0.05, 0.1) is 17.5 Å². The van der Waals surface area contributed by atoms with Crippen molar-refractivity contribution < 1.29 is 14.3 Å². The van der Waals surface area contributed by atoms with Crippen LogP contribution in [0, 0.1) is 13.8 Å². The van der Waals surface area contributed by atoms with E-state index in [0.29, 0.717) is 33.7 Å². The molecule has 0 atom stereocenters. The molecule has 0 saturated carbocycles. The minimum absolute atomic E-state index is 0.363. The first-order chi connectivity index (χ1) is 15.9. The number of fused-ring (bicyclic) bond motifs is 3. The molecule has 0 unspecified atom stereocenters. The third-order valence-corrected chi connectivity index (χ3v) is 6.80. The lowest BCUT2D eigenvalue weighted by molar-refractivity contribution is 0.0605. The predicted octanol–water partition coefficient (Wildman–Crippen LogP) is 5.64. The third kappa shape index (κ3) is 3.92.